The predicted octanol–water partition coefficient (Wildman–Crippen LogP) is 4.18. The molecule has 1 aliphatic rings. The predicted molar refractivity (Wildman–Crippen MR) is 68.3 cm³/mol. The van der Waals surface area contributed by atoms with Gasteiger partial charge in [0.05, 0.1) is 0 Å². The molecule has 0 bridgehead atoms. The topological polar surface area (TPSA) is 0 Å². The van der Waals surface area contributed by atoms with Crippen LogP contribution in [-0.2, 0) is 6.42 Å². The van der Waals surface area contributed by atoms with E-state index in [0.29, 0.717) is 0 Å². The molecule has 0 saturated heterocycles. The van der Waals surface area contributed by atoms with Gasteiger partial charge in [-0.25, -0.2) is 4.39 Å². The van der Waals surface area contributed by atoms with Crippen LogP contribution in [0.3, 0.4) is 0 Å². The SMILES string of the molecule is Fc1ccccc1C1C=Cc2ccccc2C1. The Labute approximate surface area is 100 Å². The van der Waals surface area contributed by atoms with Gasteiger partial charge in [0.1, 0.15) is 5.82 Å². The highest BCUT2D eigenvalue weighted by atomic mass is 19.1. The third-order valence-electron chi connectivity index (χ3n) is 3.31. The van der Waals surface area contributed by atoms with Gasteiger partial charge in [-0.2, -0.15) is 0 Å². The lowest BCUT2D eigenvalue weighted by Gasteiger charge is -2.20. The van der Waals surface area contributed by atoms with Gasteiger partial charge in [-0.05, 0) is 29.2 Å². The lowest BCUT2D eigenvalue weighted by Crippen LogP contribution is -2.07. The number of halogens is 1. The molecule has 1 atom stereocenters. The van der Waals surface area contributed by atoms with Crippen molar-refractivity contribution >= 4 is 6.08 Å². The zero-order chi connectivity index (χ0) is 11.7. The molecule has 17 heavy (non-hydrogen) atoms. The zero-order valence-corrected chi connectivity index (χ0v) is 9.44. The van der Waals surface area contributed by atoms with Gasteiger partial charge >= 0.3 is 0 Å². The Hall–Kier alpha value is -1.89. The molecule has 2 aromatic rings. The molecule has 84 valence electrons. The highest BCUT2D eigenvalue weighted by Crippen LogP contribution is 2.30. The second-order valence-corrected chi connectivity index (χ2v) is 4.39. The summed E-state index contributed by atoms with van der Waals surface area (Å²) in [5, 5.41) is 0. The third-order valence-corrected chi connectivity index (χ3v) is 3.31. The van der Waals surface area contributed by atoms with E-state index in [1.54, 1.807) is 6.07 Å². The summed E-state index contributed by atoms with van der Waals surface area (Å²) in [6, 6.07) is 15.3. The van der Waals surface area contributed by atoms with Crippen LogP contribution in [-0.4, -0.2) is 0 Å². The van der Waals surface area contributed by atoms with Gasteiger partial charge in [-0.15, -0.1) is 0 Å². The number of allylic oxidation sites excluding steroid dienone is 1. The third kappa shape index (κ3) is 1.89. The lowest BCUT2D eigenvalue weighted by molar-refractivity contribution is 0.598. The first-order chi connectivity index (χ1) is 8.34. The average molecular weight is 224 g/mol. The van der Waals surface area contributed by atoms with E-state index in [0.717, 1.165) is 12.0 Å². The van der Waals surface area contributed by atoms with E-state index in [4.69, 9.17) is 0 Å². The Morgan fingerprint density at radius 1 is 0.941 bits per heavy atom. The molecule has 2 aromatic carbocycles. The Bertz CT molecular complexity index is 569. The van der Waals surface area contributed by atoms with Crippen LogP contribution in [0.15, 0.2) is 54.6 Å². The molecular formula is C16H13F. The van der Waals surface area contributed by atoms with Gasteiger partial charge in [0, 0.05) is 5.92 Å². The molecule has 3 rings (SSSR count). The number of benzene rings is 2. The molecule has 1 unspecified atom stereocenters. The fourth-order valence-corrected chi connectivity index (χ4v) is 2.40. The van der Waals surface area contributed by atoms with E-state index in [9.17, 15) is 4.39 Å². The Balaban J connectivity index is 1.98. The molecule has 0 nitrogen and oxygen atoms in total. The number of rotatable bonds is 1. The zero-order valence-electron chi connectivity index (χ0n) is 9.44. The Kier molecular flexibility index (Phi) is 2.52. The first kappa shape index (κ1) is 10.3. The molecule has 0 amide bonds. The lowest BCUT2D eigenvalue weighted by atomic mass is 9.85. The standard InChI is InChI=1S/C16H13F/c17-16-8-4-3-7-15(16)14-10-9-12-5-1-2-6-13(12)11-14/h1-10,14H,11H2. The summed E-state index contributed by atoms with van der Waals surface area (Å²) in [7, 11) is 0. The molecule has 0 radical (unpaired) electrons. The molecular weight excluding hydrogens is 211 g/mol. The molecule has 0 N–H and O–H groups in total. The van der Waals surface area contributed by atoms with E-state index >= 15 is 0 Å². The summed E-state index contributed by atoms with van der Waals surface area (Å²) in [5.41, 5.74) is 3.33. The maximum atomic E-state index is 13.7. The molecule has 1 aliphatic carbocycles. The van der Waals surface area contributed by atoms with Gasteiger partial charge in [-0.3, -0.25) is 0 Å². The quantitative estimate of drug-likeness (QED) is 0.681. The van der Waals surface area contributed by atoms with Crippen LogP contribution >= 0.6 is 0 Å². The van der Waals surface area contributed by atoms with E-state index in [2.05, 4.69) is 24.3 Å². The van der Waals surface area contributed by atoms with Crippen LogP contribution in [0.2, 0.25) is 0 Å². The van der Waals surface area contributed by atoms with Crippen LogP contribution < -0.4 is 0 Å². The van der Waals surface area contributed by atoms with E-state index in [1.165, 1.54) is 17.2 Å². The molecule has 1 heteroatoms. The van der Waals surface area contributed by atoms with Crippen molar-refractivity contribution in [2.45, 2.75) is 12.3 Å². The smallest absolute Gasteiger partial charge is 0.127 e. The van der Waals surface area contributed by atoms with Crippen LogP contribution in [0.1, 0.15) is 22.6 Å². The van der Waals surface area contributed by atoms with Gasteiger partial charge in [0.15, 0.2) is 0 Å². The monoisotopic (exact) mass is 224 g/mol. The molecule has 0 aromatic heterocycles. The van der Waals surface area contributed by atoms with Gasteiger partial charge in [-0.1, -0.05) is 54.6 Å². The number of hydrogen-bond acceptors (Lipinski definition) is 0. The minimum absolute atomic E-state index is 0.110. The van der Waals surface area contributed by atoms with Gasteiger partial charge < -0.3 is 0 Å². The summed E-state index contributed by atoms with van der Waals surface area (Å²) in [5.74, 6) is 0.0487. The van der Waals surface area contributed by atoms with E-state index in [1.807, 2.05) is 24.3 Å². The number of hydrogen-bond donors (Lipinski definition) is 0. The van der Waals surface area contributed by atoms with E-state index in [-0.39, 0.29) is 11.7 Å². The van der Waals surface area contributed by atoms with Crippen molar-refractivity contribution in [3.63, 3.8) is 0 Å². The minimum Gasteiger partial charge on any atom is -0.207 e. The highest BCUT2D eigenvalue weighted by molar-refractivity contribution is 5.58. The Morgan fingerprint density at radius 2 is 1.71 bits per heavy atom. The summed E-state index contributed by atoms with van der Waals surface area (Å²) >= 11 is 0. The van der Waals surface area contributed by atoms with Crippen molar-refractivity contribution < 1.29 is 4.39 Å². The van der Waals surface area contributed by atoms with Gasteiger partial charge in [0.2, 0.25) is 0 Å². The van der Waals surface area contributed by atoms with Crippen LogP contribution in [0, 0.1) is 5.82 Å². The van der Waals surface area contributed by atoms with Crippen molar-refractivity contribution in [2.75, 3.05) is 0 Å². The fraction of sp³-hybridized carbons (Fsp3) is 0.125. The molecule has 0 aliphatic heterocycles. The fourth-order valence-electron chi connectivity index (χ4n) is 2.40. The van der Waals surface area contributed by atoms with Crippen molar-refractivity contribution in [3.05, 3.63) is 77.1 Å². The summed E-state index contributed by atoms with van der Waals surface area (Å²) in [6.07, 6.45) is 5.07. The van der Waals surface area contributed by atoms with Gasteiger partial charge in [0.25, 0.3) is 0 Å². The van der Waals surface area contributed by atoms with Crippen LogP contribution in [0.5, 0.6) is 0 Å². The van der Waals surface area contributed by atoms with Crippen molar-refractivity contribution in [3.8, 4) is 0 Å². The second kappa shape index (κ2) is 4.17. The number of fused-ring (bicyclic) bond motifs is 1. The molecule has 0 spiro atoms. The summed E-state index contributed by atoms with van der Waals surface area (Å²) < 4.78 is 13.7. The maximum Gasteiger partial charge on any atom is 0.127 e. The second-order valence-electron chi connectivity index (χ2n) is 4.39. The van der Waals surface area contributed by atoms with Crippen LogP contribution in [0.25, 0.3) is 6.08 Å². The van der Waals surface area contributed by atoms with Crippen molar-refractivity contribution in [1.82, 2.24) is 0 Å². The largest absolute Gasteiger partial charge is 0.207 e. The molecule has 0 saturated carbocycles. The normalized spacial score (nSPS) is 17.8. The minimum atomic E-state index is -0.110. The maximum absolute atomic E-state index is 13.7. The van der Waals surface area contributed by atoms with Crippen molar-refractivity contribution in [2.24, 2.45) is 0 Å². The summed E-state index contributed by atoms with van der Waals surface area (Å²) in [4.78, 5) is 0. The first-order valence-electron chi connectivity index (χ1n) is 5.85. The highest BCUT2D eigenvalue weighted by Gasteiger charge is 2.17. The molecule has 0 heterocycles. The first-order valence-corrected chi connectivity index (χ1v) is 5.85. The van der Waals surface area contributed by atoms with Crippen molar-refractivity contribution in [1.29, 1.82) is 0 Å². The van der Waals surface area contributed by atoms with E-state index < -0.39 is 0 Å². The molecule has 0 fully saturated rings. The average Bonchev–Trinajstić information content (AvgIpc) is 2.39. The Morgan fingerprint density at radius 3 is 2.59 bits per heavy atom. The van der Waals surface area contributed by atoms with Crippen LogP contribution in [0.4, 0.5) is 4.39 Å². The summed E-state index contributed by atoms with van der Waals surface area (Å²) in [6.45, 7) is 0.